The van der Waals surface area contributed by atoms with Gasteiger partial charge in [0.25, 0.3) is 0 Å². The van der Waals surface area contributed by atoms with Gasteiger partial charge in [-0.1, -0.05) is 34.1 Å². The summed E-state index contributed by atoms with van der Waals surface area (Å²) in [6, 6.07) is 13.2. The van der Waals surface area contributed by atoms with Crippen LogP contribution in [0.3, 0.4) is 0 Å². The standard InChI is InChI=1S/C14H14BBrO3S/c1-19-14-6-5-11(15(17)18)7-10(14)9-20-13-4-2-3-12(16)8-13/h2-8,17-18H,9H2,1H3. The van der Waals surface area contributed by atoms with Gasteiger partial charge in [-0.05, 0) is 29.7 Å². The molecule has 0 aliphatic heterocycles. The van der Waals surface area contributed by atoms with Crippen molar-refractivity contribution < 1.29 is 14.8 Å². The average Bonchev–Trinajstić information content (AvgIpc) is 2.44. The summed E-state index contributed by atoms with van der Waals surface area (Å²) in [4.78, 5) is 1.14. The smallest absolute Gasteiger partial charge is 0.488 e. The van der Waals surface area contributed by atoms with Crippen LogP contribution in [0, 0.1) is 0 Å². The van der Waals surface area contributed by atoms with Crippen LogP contribution in [0.15, 0.2) is 51.8 Å². The molecule has 2 aromatic rings. The monoisotopic (exact) mass is 352 g/mol. The highest BCUT2D eigenvalue weighted by molar-refractivity contribution is 9.10. The van der Waals surface area contributed by atoms with E-state index in [1.54, 1.807) is 37.1 Å². The molecule has 0 aliphatic rings. The lowest BCUT2D eigenvalue weighted by Gasteiger charge is -2.10. The van der Waals surface area contributed by atoms with Gasteiger partial charge in [-0.15, -0.1) is 11.8 Å². The van der Waals surface area contributed by atoms with Gasteiger partial charge in [0.15, 0.2) is 0 Å². The van der Waals surface area contributed by atoms with E-state index in [1.165, 1.54) is 0 Å². The van der Waals surface area contributed by atoms with E-state index in [9.17, 15) is 10.0 Å². The fourth-order valence-corrected chi connectivity index (χ4v) is 3.27. The Kier molecular flexibility index (Phi) is 5.54. The van der Waals surface area contributed by atoms with Gasteiger partial charge < -0.3 is 14.8 Å². The molecule has 0 bridgehead atoms. The summed E-state index contributed by atoms with van der Waals surface area (Å²) in [5, 5.41) is 18.5. The Hall–Kier alpha value is -0.945. The van der Waals surface area contributed by atoms with Crippen LogP contribution >= 0.6 is 27.7 Å². The molecule has 0 heterocycles. The maximum Gasteiger partial charge on any atom is 0.488 e. The number of hydrogen-bond donors (Lipinski definition) is 2. The molecule has 0 aromatic heterocycles. The number of benzene rings is 2. The maximum absolute atomic E-state index is 9.24. The van der Waals surface area contributed by atoms with Crippen LogP contribution in [0.5, 0.6) is 5.75 Å². The largest absolute Gasteiger partial charge is 0.496 e. The van der Waals surface area contributed by atoms with Gasteiger partial charge in [0.2, 0.25) is 0 Å². The minimum Gasteiger partial charge on any atom is -0.496 e. The molecule has 104 valence electrons. The lowest BCUT2D eigenvalue weighted by Crippen LogP contribution is -2.30. The van der Waals surface area contributed by atoms with E-state index >= 15 is 0 Å². The zero-order valence-corrected chi connectivity index (χ0v) is 13.3. The molecule has 0 saturated carbocycles. The molecule has 20 heavy (non-hydrogen) atoms. The topological polar surface area (TPSA) is 49.7 Å². The van der Waals surface area contributed by atoms with Gasteiger partial charge in [-0.2, -0.15) is 0 Å². The molecule has 2 rings (SSSR count). The minimum absolute atomic E-state index is 0.468. The van der Waals surface area contributed by atoms with Crippen molar-refractivity contribution in [1.82, 2.24) is 0 Å². The lowest BCUT2D eigenvalue weighted by molar-refractivity contribution is 0.410. The highest BCUT2D eigenvalue weighted by Gasteiger charge is 2.14. The van der Waals surface area contributed by atoms with Gasteiger partial charge in [-0.3, -0.25) is 0 Å². The molecule has 0 atom stereocenters. The van der Waals surface area contributed by atoms with Crippen molar-refractivity contribution >= 4 is 40.3 Å². The third-order valence-corrected chi connectivity index (χ3v) is 4.33. The summed E-state index contributed by atoms with van der Waals surface area (Å²) < 4.78 is 6.34. The van der Waals surface area contributed by atoms with Crippen molar-refractivity contribution in [3.63, 3.8) is 0 Å². The maximum atomic E-state index is 9.24. The normalized spacial score (nSPS) is 10.4. The number of methoxy groups -OCH3 is 1. The molecule has 0 saturated heterocycles. The number of thioether (sulfide) groups is 1. The van der Waals surface area contributed by atoms with Crippen LogP contribution in [0.4, 0.5) is 0 Å². The molecule has 6 heteroatoms. The molecule has 2 aromatic carbocycles. The second kappa shape index (κ2) is 7.17. The van der Waals surface area contributed by atoms with Crippen molar-refractivity contribution in [2.45, 2.75) is 10.6 Å². The molecule has 0 unspecified atom stereocenters. The fraction of sp³-hybridized carbons (Fsp3) is 0.143. The quantitative estimate of drug-likeness (QED) is 0.641. The van der Waals surface area contributed by atoms with E-state index in [0.29, 0.717) is 11.2 Å². The second-order valence-electron chi connectivity index (χ2n) is 4.19. The van der Waals surface area contributed by atoms with E-state index in [1.807, 2.05) is 24.3 Å². The van der Waals surface area contributed by atoms with E-state index in [-0.39, 0.29) is 0 Å². The van der Waals surface area contributed by atoms with Gasteiger partial charge in [-0.25, -0.2) is 0 Å². The predicted octanol–water partition coefficient (Wildman–Crippen LogP) is 2.43. The first-order valence-corrected chi connectivity index (χ1v) is 7.79. The SMILES string of the molecule is COc1ccc(B(O)O)cc1CSc1cccc(Br)c1. The molecule has 3 nitrogen and oxygen atoms in total. The van der Waals surface area contributed by atoms with Crippen LogP contribution in [0.1, 0.15) is 5.56 Å². The summed E-state index contributed by atoms with van der Waals surface area (Å²) in [7, 11) is 0.146. The molecule has 2 N–H and O–H groups in total. The highest BCUT2D eigenvalue weighted by Crippen LogP contribution is 2.28. The minimum atomic E-state index is -1.46. The van der Waals surface area contributed by atoms with Crippen LogP contribution < -0.4 is 10.2 Å². The lowest BCUT2D eigenvalue weighted by atomic mass is 9.79. The number of hydrogen-bond acceptors (Lipinski definition) is 4. The summed E-state index contributed by atoms with van der Waals surface area (Å²) in [6.45, 7) is 0. The summed E-state index contributed by atoms with van der Waals surface area (Å²) in [5.41, 5.74) is 1.40. The zero-order chi connectivity index (χ0) is 14.5. The van der Waals surface area contributed by atoms with Crippen molar-refractivity contribution in [3.05, 3.63) is 52.5 Å². The van der Waals surface area contributed by atoms with Gasteiger partial charge >= 0.3 is 7.12 Å². The van der Waals surface area contributed by atoms with Gasteiger partial charge in [0.05, 0.1) is 7.11 Å². The summed E-state index contributed by atoms with van der Waals surface area (Å²) in [5.74, 6) is 1.44. The van der Waals surface area contributed by atoms with Gasteiger partial charge in [0, 0.05) is 20.7 Å². The number of ether oxygens (including phenoxy) is 1. The van der Waals surface area contributed by atoms with Crippen molar-refractivity contribution in [2.75, 3.05) is 7.11 Å². The zero-order valence-electron chi connectivity index (χ0n) is 10.9. The molecular weight excluding hydrogens is 339 g/mol. The van der Waals surface area contributed by atoms with Crippen molar-refractivity contribution in [1.29, 1.82) is 0 Å². The third-order valence-electron chi connectivity index (χ3n) is 2.79. The molecule has 0 fully saturated rings. The molecule has 0 radical (unpaired) electrons. The average molecular weight is 353 g/mol. The Labute approximate surface area is 131 Å². The first kappa shape index (κ1) is 15.4. The summed E-state index contributed by atoms with van der Waals surface area (Å²) >= 11 is 5.11. The van der Waals surface area contributed by atoms with Crippen molar-refractivity contribution in [2.24, 2.45) is 0 Å². The Bertz CT molecular complexity index is 592. The van der Waals surface area contributed by atoms with Gasteiger partial charge in [0.1, 0.15) is 5.75 Å². The van der Waals surface area contributed by atoms with Crippen LogP contribution in [0.2, 0.25) is 0 Å². The molecule has 0 amide bonds. The fourth-order valence-electron chi connectivity index (χ4n) is 1.79. The van der Waals surface area contributed by atoms with Crippen LogP contribution in [0.25, 0.3) is 0 Å². The van der Waals surface area contributed by atoms with Crippen molar-refractivity contribution in [3.8, 4) is 5.75 Å². The Morgan fingerprint density at radius 2 is 2.00 bits per heavy atom. The highest BCUT2D eigenvalue weighted by atomic mass is 79.9. The molecule has 0 aliphatic carbocycles. The van der Waals surface area contributed by atoms with Crippen LogP contribution in [-0.4, -0.2) is 24.3 Å². The second-order valence-corrected chi connectivity index (χ2v) is 6.16. The third kappa shape index (κ3) is 4.02. The molecule has 0 spiro atoms. The van der Waals surface area contributed by atoms with E-state index in [0.717, 1.165) is 20.7 Å². The Balaban J connectivity index is 2.17. The summed E-state index contributed by atoms with van der Waals surface area (Å²) in [6.07, 6.45) is 0. The van der Waals surface area contributed by atoms with E-state index in [2.05, 4.69) is 15.9 Å². The Morgan fingerprint density at radius 3 is 2.65 bits per heavy atom. The van der Waals surface area contributed by atoms with Crippen LogP contribution in [-0.2, 0) is 5.75 Å². The first-order chi connectivity index (χ1) is 9.60. The number of halogens is 1. The predicted molar refractivity (Wildman–Crippen MR) is 86.5 cm³/mol. The van der Waals surface area contributed by atoms with E-state index in [4.69, 9.17) is 4.74 Å². The molecular formula is C14H14BBrO3S. The first-order valence-electron chi connectivity index (χ1n) is 6.01. The number of rotatable bonds is 5. The van der Waals surface area contributed by atoms with E-state index < -0.39 is 7.12 Å². The Morgan fingerprint density at radius 1 is 1.20 bits per heavy atom.